The summed E-state index contributed by atoms with van der Waals surface area (Å²) in [4.78, 5) is 9.70. The molecule has 0 aliphatic carbocycles. The third-order valence-electron chi connectivity index (χ3n) is 6.13. The molecule has 2 saturated heterocycles. The smallest absolute Gasteiger partial charge is 0.191 e. The Hall–Kier alpha value is -1.17. The van der Waals surface area contributed by atoms with E-state index in [2.05, 4.69) is 34.3 Å². The van der Waals surface area contributed by atoms with Gasteiger partial charge in [0.05, 0.1) is 20.3 Å². The lowest BCUT2D eigenvalue weighted by Crippen LogP contribution is -2.48. The van der Waals surface area contributed by atoms with Crippen LogP contribution in [0.4, 0.5) is 4.39 Å². The number of ether oxygens (including phenoxy) is 2. The molecule has 33 heavy (non-hydrogen) atoms. The largest absolute Gasteiger partial charge is 0.494 e. The molecule has 0 saturated carbocycles. The van der Waals surface area contributed by atoms with Crippen molar-refractivity contribution < 1.29 is 13.9 Å². The summed E-state index contributed by atoms with van der Waals surface area (Å²) < 4.78 is 24.4. The Morgan fingerprint density at radius 3 is 2.58 bits per heavy atom. The maximum Gasteiger partial charge on any atom is 0.191 e. The summed E-state index contributed by atoms with van der Waals surface area (Å²) >= 11 is 0. The van der Waals surface area contributed by atoms with Crippen LogP contribution in [0, 0.1) is 11.7 Å². The second kappa shape index (κ2) is 15.0. The second-order valence-electron chi connectivity index (χ2n) is 8.90. The topological polar surface area (TPSA) is 61.4 Å². The quantitative estimate of drug-likeness (QED) is 0.268. The molecule has 2 fully saturated rings. The summed E-state index contributed by atoms with van der Waals surface area (Å²) in [6.07, 6.45) is 2.10. The number of morpholine rings is 1. The standard InChI is InChI=1S/C24H40FN5O2.HI/c1-4-26-24(27-16-19(2)17-30-11-13-32-14-12-30)28-21-7-9-29(10-8-21)18-20-5-6-23(31-3)22(25)15-20;/h5-6,15,19,21H,4,7-14,16-18H2,1-3H3,(H2,26,27,28);1H. The molecule has 0 radical (unpaired) electrons. The van der Waals surface area contributed by atoms with Crippen molar-refractivity contribution in [3.63, 3.8) is 0 Å². The minimum Gasteiger partial charge on any atom is -0.494 e. The van der Waals surface area contributed by atoms with Gasteiger partial charge in [0.2, 0.25) is 0 Å². The molecular formula is C24H41FIN5O2. The molecule has 1 aromatic carbocycles. The van der Waals surface area contributed by atoms with Crippen LogP contribution in [0.3, 0.4) is 0 Å². The molecule has 0 spiro atoms. The number of aliphatic imine (C=N–C) groups is 1. The Kier molecular flexibility index (Phi) is 12.7. The number of methoxy groups -OCH3 is 1. The highest BCUT2D eigenvalue weighted by Crippen LogP contribution is 2.20. The Balaban J connectivity index is 0.00000385. The van der Waals surface area contributed by atoms with E-state index in [1.165, 1.54) is 7.11 Å². The molecule has 2 aliphatic rings. The molecule has 2 heterocycles. The highest BCUT2D eigenvalue weighted by molar-refractivity contribution is 14.0. The van der Waals surface area contributed by atoms with Crippen molar-refractivity contribution in [1.82, 2.24) is 20.4 Å². The zero-order chi connectivity index (χ0) is 22.8. The zero-order valence-electron chi connectivity index (χ0n) is 20.3. The van der Waals surface area contributed by atoms with Crippen LogP contribution in [-0.2, 0) is 11.3 Å². The lowest BCUT2D eigenvalue weighted by molar-refractivity contribution is 0.0323. The summed E-state index contributed by atoms with van der Waals surface area (Å²) in [5.74, 6) is 1.43. The summed E-state index contributed by atoms with van der Waals surface area (Å²) in [7, 11) is 1.49. The van der Waals surface area contributed by atoms with E-state index in [9.17, 15) is 4.39 Å². The van der Waals surface area contributed by atoms with E-state index in [4.69, 9.17) is 14.5 Å². The van der Waals surface area contributed by atoms with Crippen LogP contribution in [-0.4, -0.2) is 87.9 Å². The molecule has 0 bridgehead atoms. The lowest BCUT2D eigenvalue weighted by atomic mass is 10.0. The number of likely N-dealkylation sites (tertiary alicyclic amines) is 1. The number of guanidine groups is 1. The molecule has 9 heteroatoms. The molecule has 7 nitrogen and oxygen atoms in total. The van der Waals surface area contributed by atoms with Gasteiger partial charge in [0.15, 0.2) is 17.5 Å². The number of rotatable bonds is 9. The maximum absolute atomic E-state index is 14.0. The van der Waals surface area contributed by atoms with E-state index in [0.29, 0.717) is 17.7 Å². The van der Waals surface area contributed by atoms with Crippen LogP contribution in [0.5, 0.6) is 5.75 Å². The first-order valence-corrected chi connectivity index (χ1v) is 12.0. The monoisotopic (exact) mass is 577 g/mol. The van der Waals surface area contributed by atoms with Crippen molar-refractivity contribution in [3.8, 4) is 5.75 Å². The third-order valence-corrected chi connectivity index (χ3v) is 6.13. The average Bonchev–Trinajstić information content (AvgIpc) is 2.80. The molecular weight excluding hydrogens is 536 g/mol. The zero-order valence-corrected chi connectivity index (χ0v) is 22.6. The van der Waals surface area contributed by atoms with Crippen molar-refractivity contribution in [2.75, 3.05) is 66.1 Å². The van der Waals surface area contributed by atoms with E-state index in [1.807, 2.05) is 6.07 Å². The van der Waals surface area contributed by atoms with Crippen LogP contribution >= 0.6 is 24.0 Å². The van der Waals surface area contributed by atoms with Gasteiger partial charge in [-0.05, 0) is 43.4 Å². The Bertz CT molecular complexity index is 725. The van der Waals surface area contributed by atoms with Gasteiger partial charge in [0.25, 0.3) is 0 Å². The van der Waals surface area contributed by atoms with Crippen LogP contribution in [0.1, 0.15) is 32.3 Å². The second-order valence-corrected chi connectivity index (χ2v) is 8.90. The number of halogens is 2. The van der Waals surface area contributed by atoms with Crippen molar-refractivity contribution >= 4 is 29.9 Å². The van der Waals surface area contributed by atoms with E-state index in [-0.39, 0.29) is 29.8 Å². The predicted molar refractivity (Wildman–Crippen MR) is 142 cm³/mol. The number of hydrogen-bond donors (Lipinski definition) is 2. The number of nitrogens with zero attached hydrogens (tertiary/aromatic N) is 3. The van der Waals surface area contributed by atoms with Crippen LogP contribution < -0.4 is 15.4 Å². The molecule has 188 valence electrons. The highest BCUT2D eigenvalue weighted by atomic mass is 127. The van der Waals surface area contributed by atoms with E-state index in [0.717, 1.165) is 89.9 Å². The number of nitrogens with one attached hydrogen (secondary N) is 2. The Morgan fingerprint density at radius 1 is 1.21 bits per heavy atom. The Morgan fingerprint density at radius 2 is 1.94 bits per heavy atom. The third kappa shape index (κ3) is 9.54. The lowest BCUT2D eigenvalue weighted by Gasteiger charge is -2.33. The summed E-state index contributed by atoms with van der Waals surface area (Å²) in [5, 5.41) is 7.02. The molecule has 1 unspecified atom stereocenters. The molecule has 0 aromatic heterocycles. The molecule has 2 N–H and O–H groups in total. The van der Waals surface area contributed by atoms with Crippen molar-refractivity contribution in [2.24, 2.45) is 10.9 Å². The predicted octanol–water partition coefficient (Wildman–Crippen LogP) is 2.94. The van der Waals surface area contributed by atoms with Gasteiger partial charge in [-0.3, -0.25) is 14.8 Å². The number of hydrogen-bond acceptors (Lipinski definition) is 5. The SMILES string of the molecule is CCNC(=NCC(C)CN1CCOCC1)NC1CCN(Cc2ccc(OC)c(F)c2)CC1.I. The van der Waals surface area contributed by atoms with E-state index < -0.39 is 0 Å². The summed E-state index contributed by atoms with van der Waals surface area (Å²) in [6, 6.07) is 5.64. The van der Waals surface area contributed by atoms with Crippen LogP contribution in [0.2, 0.25) is 0 Å². The minimum absolute atomic E-state index is 0. The van der Waals surface area contributed by atoms with Crippen molar-refractivity contribution in [1.29, 1.82) is 0 Å². The van der Waals surface area contributed by atoms with Gasteiger partial charge in [-0.25, -0.2) is 4.39 Å². The van der Waals surface area contributed by atoms with Gasteiger partial charge in [0.1, 0.15) is 0 Å². The maximum atomic E-state index is 14.0. The first kappa shape index (κ1) is 28.1. The first-order chi connectivity index (χ1) is 15.6. The molecule has 3 rings (SSSR count). The molecule has 1 aromatic rings. The van der Waals surface area contributed by atoms with Crippen LogP contribution in [0.15, 0.2) is 23.2 Å². The fourth-order valence-electron chi connectivity index (χ4n) is 4.34. The van der Waals surface area contributed by atoms with Gasteiger partial charge in [0, 0.05) is 58.4 Å². The van der Waals surface area contributed by atoms with Gasteiger partial charge >= 0.3 is 0 Å². The van der Waals surface area contributed by atoms with Crippen molar-refractivity contribution in [3.05, 3.63) is 29.6 Å². The summed E-state index contributed by atoms with van der Waals surface area (Å²) in [5.41, 5.74) is 0.985. The van der Waals surface area contributed by atoms with Gasteiger partial charge in [-0.15, -0.1) is 24.0 Å². The van der Waals surface area contributed by atoms with E-state index >= 15 is 0 Å². The highest BCUT2D eigenvalue weighted by Gasteiger charge is 2.21. The fraction of sp³-hybridized carbons (Fsp3) is 0.708. The van der Waals surface area contributed by atoms with Gasteiger partial charge in [-0.1, -0.05) is 13.0 Å². The average molecular weight is 578 g/mol. The molecule has 2 aliphatic heterocycles. The molecule has 1 atom stereocenters. The number of benzene rings is 1. The minimum atomic E-state index is -0.295. The summed E-state index contributed by atoms with van der Waals surface area (Å²) in [6.45, 7) is 13.6. The normalized spacial score (nSPS) is 19.6. The molecule has 0 amide bonds. The van der Waals surface area contributed by atoms with Gasteiger partial charge in [-0.2, -0.15) is 0 Å². The van der Waals surface area contributed by atoms with Crippen LogP contribution in [0.25, 0.3) is 0 Å². The Labute approximate surface area is 215 Å². The first-order valence-electron chi connectivity index (χ1n) is 12.0. The van der Waals surface area contributed by atoms with E-state index in [1.54, 1.807) is 12.1 Å². The number of piperidine rings is 1. The fourth-order valence-corrected chi connectivity index (χ4v) is 4.34. The van der Waals surface area contributed by atoms with Gasteiger partial charge < -0.3 is 20.1 Å². The van der Waals surface area contributed by atoms with Crippen molar-refractivity contribution in [2.45, 2.75) is 39.3 Å².